The molecule has 3 unspecified atom stereocenters. The summed E-state index contributed by atoms with van der Waals surface area (Å²) < 4.78 is 18.1. The Morgan fingerprint density at radius 1 is 1.42 bits per heavy atom. The molecule has 0 saturated carbocycles. The molecule has 2 N–H and O–H groups in total. The zero-order valence-corrected chi connectivity index (χ0v) is 11.7. The molecule has 0 aromatic heterocycles. The molecule has 2 rings (SSSR count). The van der Waals surface area contributed by atoms with Crippen LogP contribution < -0.4 is 5.73 Å². The third-order valence-corrected chi connectivity index (χ3v) is 4.07. The number of hydrogen-bond acceptors (Lipinski definition) is 3. The Balaban J connectivity index is 1.96. The van der Waals surface area contributed by atoms with E-state index in [1.54, 1.807) is 19.2 Å². The Kier molecular flexibility index (Phi) is 4.91. The number of methoxy groups -OCH3 is 1. The molecule has 1 fully saturated rings. The van der Waals surface area contributed by atoms with Gasteiger partial charge in [-0.05, 0) is 43.5 Å². The summed E-state index contributed by atoms with van der Waals surface area (Å²) in [6, 6.07) is 6.67. The van der Waals surface area contributed by atoms with Crippen LogP contribution in [0.3, 0.4) is 0 Å². The van der Waals surface area contributed by atoms with Gasteiger partial charge in [-0.3, -0.25) is 4.90 Å². The van der Waals surface area contributed by atoms with Crippen LogP contribution in [0.2, 0.25) is 0 Å². The largest absolute Gasteiger partial charge is 0.384 e. The van der Waals surface area contributed by atoms with Gasteiger partial charge < -0.3 is 10.5 Å². The van der Waals surface area contributed by atoms with Crippen LogP contribution in [-0.4, -0.2) is 37.7 Å². The van der Waals surface area contributed by atoms with Crippen LogP contribution in [0.4, 0.5) is 4.39 Å². The standard InChI is InChI=1S/C15H23FN2O/c1-11(18-8-7-12(9-18)10-19-2)15(17)13-3-5-14(16)6-4-13/h3-6,11-12,15H,7-10,17H2,1-2H3. The lowest BCUT2D eigenvalue weighted by molar-refractivity contribution is 0.145. The van der Waals surface area contributed by atoms with Gasteiger partial charge in [-0.2, -0.15) is 0 Å². The van der Waals surface area contributed by atoms with Crippen molar-refractivity contribution >= 4 is 0 Å². The average Bonchev–Trinajstić information content (AvgIpc) is 2.87. The number of ether oxygens (including phenoxy) is 1. The van der Waals surface area contributed by atoms with Crippen LogP contribution in [0.5, 0.6) is 0 Å². The van der Waals surface area contributed by atoms with Crippen molar-refractivity contribution in [3.8, 4) is 0 Å². The minimum Gasteiger partial charge on any atom is -0.384 e. The number of benzene rings is 1. The van der Waals surface area contributed by atoms with Crippen LogP contribution >= 0.6 is 0 Å². The zero-order chi connectivity index (χ0) is 13.8. The second kappa shape index (κ2) is 6.46. The number of likely N-dealkylation sites (tertiary alicyclic amines) is 1. The molecule has 0 bridgehead atoms. The zero-order valence-electron chi connectivity index (χ0n) is 11.7. The minimum absolute atomic E-state index is 0.0816. The molecule has 1 saturated heterocycles. The topological polar surface area (TPSA) is 38.5 Å². The predicted molar refractivity (Wildman–Crippen MR) is 74.3 cm³/mol. The Morgan fingerprint density at radius 2 is 2.11 bits per heavy atom. The number of rotatable bonds is 5. The van der Waals surface area contributed by atoms with E-state index in [4.69, 9.17) is 10.5 Å². The van der Waals surface area contributed by atoms with Crippen molar-refractivity contribution in [3.05, 3.63) is 35.6 Å². The van der Waals surface area contributed by atoms with E-state index in [1.165, 1.54) is 12.1 Å². The molecule has 1 heterocycles. The highest BCUT2D eigenvalue weighted by atomic mass is 19.1. The molecule has 3 atom stereocenters. The van der Waals surface area contributed by atoms with Crippen molar-refractivity contribution in [1.82, 2.24) is 4.90 Å². The Labute approximate surface area is 114 Å². The Morgan fingerprint density at radius 3 is 2.74 bits per heavy atom. The van der Waals surface area contributed by atoms with Crippen molar-refractivity contribution in [2.45, 2.75) is 25.4 Å². The first kappa shape index (κ1) is 14.4. The molecule has 0 aliphatic carbocycles. The monoisotopic (exact) mass is 266 g/mol. The molecule has 4 heteroatoms. The summed E-state index contributed by atoms with van der Waals surface area (Å²) in [5.41, 5.74) is 7.28. The molecule has 1 aromatic rings. The quantitative estimate of drug-likeness (QED) is 0.888. The van der Waals surface area contributed by atoms with E-state index < -0.39 is 0 Å². The fourth-order valence-corrected chi connectivity index (χ4v) is 2.79. The van der Waals surface area contributed by atoms with Gasteiger partial charge in [0.25, 0.3) is 0 Å². The van der Waals surface area contributed by atoms with E-state index in [2.05, 4.69) is 11.8 Å². The van der Waals surface area contributed by atoms with Gasteiger partial charge in [0.1, 0.15) is 5.82 Å². The number of hydrogen-bond donors (Lipinski definition) is 1. The van der Waals surface area contributed by atoms with Crippen molar-refractivity contribution < 1.29 is 9.13 Å². The molecule has 0 amide bonds. The maximum Gasteiger partial charge on any atom is 0.123 e. The van der Waals surface area contributed by atoms with Crippen LogP contribution in [0, 0.1) is 11.7 Å². The van der Waals surface area contributed by atoms with E-state index in [0.717, 1.165) is 31.7 Å². The highest BCUT2D eigenvalue weighted by molar-refractivity contribution is 5.21. The van der Waals surface area contributed by atoms with E-state index in [1.807, 2.05) is 0 Å². The molecular formula is C15H23FN2O. The average molecular weight is 266 g/mol. The summed E-state index contributed by atoms with van der Waals surface area (Å²) in [4.78, 5) is 2.40. The highest BCUT2D eigenvalue weighted by Crippen LogP contribution is 2.25. The molecule has 1 aliphatic heterocycles. The Hall–Kier alpha value is -0.970. The number of halogens is 1. The summed E-state index contributed by atoms with van der Waals surface area (Å²) >= 11 is 0. The highest BCUT2D eigenvalue weighted by Gasteiger charge is 2.29. The fraction of sp³-hybridized carbons (Fsp3) is 0.600. The van der Waals surface area contributed by atoms with Gasteiger partial charge in [0.2, 0.25) is 0 Å². The van der Waals surface area contributed by atoms with Gasteiger partial charge in [-0.1, -0.05) is 12.1 Å². The predicted octanol–water partition coefficient (Wildman–Crippen LogP) is 2.18. The van der Waals surface area contributed by atoms with Crippen molar-refractivity contribution in [2.75, 3.05) is 26.8 Å². The van der Waals surface area contributed by atoms with E-state index in [9.17, 15) is 4.39 Å². The molecule has 106 valence electrons. The van der Waals surface area contributed by atoms with Crippen molar-refractivity contribution in [2.24, 2.45) is 11.7 Å². The number of nitrogens with two attached hydrogens (primary N) is 1. The van der Waals surface area contributed by atoms with Gasteiger partial charge in [0.05, 0.1) is 6.61 Å². The Bertz CT molecular complexity index is 396. The smallest absolute Gasteiger partial charge is 0.123 e. The van der Waals surface area contributed by atoms with Gasteiger partial charge >= 0.3 is 0 Å². The minimum atomic E-state index is -0.218. The maximum atomic E-state index is 12.9. The van der Waals surface area contributed by atoms with Crippen LogP contribution in [0.15, 0.2) is 24.3 Å². The first-order chi connectivity index (χ1) is 9.11. The van der Waals surface area contributed by atoms with Crippen molar-refractivity contribution in [3.63, 3.8) is 0 Å². The van der Waals surface area contributed by atoms with Crippen LogP contribution in [0.1, 0.15) is 24.9 Å². The summed E-state index contributed by atoms with van der Waals surface area (Å²) in [6.07, 6.45) is 1.16. The van der Waals surface area contributed by atoms with E-state index in [-0.39, 0.29) is 17.9 Å². The van der Waals surface area contributed by atoms with Gasteiger partial charge in [-0.15, -0.1) is 0 Å². The first-order valence-corrected chi connectivity index (χ1v) is 6.86. The second-order valence-corrected chi connectivity index (χ2v) is 5.42. The van der Waals surface area contributed by atoms with Crippen LogP contribution in [-0.2, 0) is 4.74 Å². The van der Waals surface area contributed by atoms with Gasteiger partial charge in [-0.25, -0.2) is 4.39 Å². The number of nitrogens with zero attached hydrogens (tertiary/aromatic N) is 1. The molecule has 19 heavy (non-hydrogen) atoms. The molecule has 1 aromatic carbocycles. The lowest BCUT2D eigenvalue weighted by Gasteiger charge is -2.29. The summed E-state index contributed by atoms with van der Waals surface area (Å²) in [7, 11) is 1.75. The van der Waals surface area contributed by atoms with Gasteiger partial charge in [0.15, 0.2) is 0 Å². The molecule has 3 nitrogen and oxygen atoms in total. The molecule has 0 spiro atoms. The molecular weight excluding hydrogens is 243 g/mol. The first-order valence-electron chi connectivity index (χ1n) is 6.86. The molecule has 0 radical (unpaired) electrons. The second-order valence-electron chi connectivity index (χ2n) is 5.42. The normalized spacial score (nSPS) is 23.5. The summed E-state index contributed by atoms with van der Waals surface area (Å²) in [5.74, 6) is 0.387. The summed E-state index contributed by atoms with van der Waals surface area (Å²) in [5, 5.41) is 0. The maximum absolute atomic E-state index is 12.9. The summed E-state index contributed by atoms with van der Waals surface area (Å²) in [6.45, 7) is 5.05. The molecule has 1 aliphatic rings. The lowest BCUT2D eigenvalue weighted by Crippen LogP contribution is -2.39. The fourth-order valence-electron chi connectivity index (χ4n) is 2.79. The van der Waals surface area contributed by atoms with E-state index >= 15 is 0 Å². The third kappa shape index (κ3) is 3.53. The lowest BCUT2D eigenvalue weighted by atomic mass is 10.0. The van der Waals surface area contributed by atoms with E-state index in [0.29, 0.717) is 5.92 Å². The van der Waals surface area contributed by atoms with Crippen LogP contribution in [0.25, 0.3) is 0 Å². The SMILES string of the molecule is COCC1CCN(C(C)C(N)c2ccc(F)cc2)C1. The van der Waals surface area contributed by atoms with Crippen molar-refractivity contribution in [1.29, 1.82) is 0 Å². The third-order valence-electron chi connectivity index (χ3n) is 4.07. The van der Waals surface area contributed by atoms with Gasteiger partial charge in [0, 0.05) is 25.7 Å².